The lowest BCUT2D eigenvalue weighted by Crippen LogP contribution is -2.35. The average molecular weight is 274 g/mol. The topological polar surface area (TPSA) is 41.1 Å². The molecule has 1 atom stereocenters. The lowest BCUT2D eigenvalue weighted by atomic mass is 10.0. The van der Waals surface area contributed by atoms with Gasteiger partial charge in [-0.05, 0) is 38.5 Å². The third kappa shape index (κ3) is 3.22. The molecule has 4 heteroatoms. The van der Waals surface area contributed by atoms with Gasteiger partial charge in [-0.1, -0.05) is 19.8 Å². The first-order valence-corrected chi connectivity index (χ1v) is 8.08. The van der Waals surface area contributed by atoms with E-state index in [0.29, 0.717) is 6.04 Å². The van der Waals surface area contributed by atoms with Crippen molar-refractivity contribution in [1.82, 2.24) is 9.97 Å². The SMILES string of the molecule is Cc1cc(NC2CCCC2)nc(N2CCCC(C)C2)n1. The Kier molecular flexibility index (Phi) is 4.08. The van der Waals surface area contributed by atoms with Crippen LogP contribution in [0.2, 0.25) is 0 Å². The number of aryl methyl sites for hydroxylation is 1. The number of hydrogen-bond acceptors (Lipinski definition) is 4. The van der Waals surface area contributed by atoms with Crippen molar-refractivity contribution in [2.75, 3.05) is 23.3 Å². The molecule has 1 aromatic rings. The zero-order valence-corrected chi connectivity index (χ0v) is 12.7. The maximum atomic E-state index is 4.76. The number of aromatic nitrogens is 2. The Bertz CT molecular complexity index is 454. The largest absolute Gasteiger partial charge is 0.367 e. The van der Waals surface area contributed by atoms with Crippen molar-refractivity contribution in [3.05, 3.63) is 11.8 Å². The van der Waals surface area contributed by atoms with Crippen LogP contribution in [0.5, 0.6) is 0 Å². The van der Waals surface area contributed by atoms with Gasteiger partial charge in [0, 0.05) is 30.9 Å². The maximum absolute atomic E-state index is 4.76. The van der Waals surface area contributed by atoms with Crippen LogP contribution in [0, 0.1) is 12.8 Å². The quantitative estimate of drug-likeness (QED) is 0.917. The molecule has 1 saturated carbocycles. The fourth-order valence-corrected chi connectivity index (χ4v) is 3.42. The van der Waals surface area contributed by atoms with Gasteiger partial charge in [0.2, 0.25) is 5.95 Å². The van der Waals surface area contributed by atoms with Crippen molar-refractivity contribution < 1.29 is 0 Å². The van der Waals surface area contributed by atoms with Crippen molar-refractivity contribution in [3.63, 3.8) is 0 Å². The number of rotatable bonds is 3. The monoisotopic (exact) mass is 274 g/mol. The molecule has 3 rings (SSSR count). The standard InChI is InChI=1S/C16H26N4/c1-12-6-5-9-20(11-12)16-17-13(2)10-15(19-16)18-14-7-3-4-8-14/h10,12,14H,3-9,11H2,1-2H3,(H,17,18,19). The van der Waals surface area contributed by atoms with E-state index in [0.717, 1.165) is 36.5 Å². The lowest BCUT2D eigenvalue weighted by molar-refractivity contribution is 0.442. The molecule has 2 aliphatic rings. The van der Waals surface area contributed by atoms with Gasteiger partial charge in [0.05, 0.1) is 0 Å². The smallest absolute Gasteiger partial charge is 0.227 e. The van der Waals surface area contributed by atoms with Gasteiger partial charge >= 0.3 is 0 Å². The van der Waals surface area contributed by atoms with Crippen LogP contribution in [0.4, 0.5) is 11.8 Å². The van der Waals surface area contributed by atoms with Gasteiger partial charge in [-0.15, -0.1) is 0 Å². The molecule has 1 aromatic heterocycles. The second-order valence-electron chi connectivity index (χ2n) is 6.51. The third-order valence-corrected chi connectivity index (χ3v) is 4.49. The third-order valence-electron chi connectivity index (χ3n) is 4.49. The predicted molar refractivity (Wildman–Crippen MR) is 83.3 cm³/mol. The molecule has 1 N–H and O–H groups in total. The van der Waals surface area contributed by atoms with Crippen molar-refractivity contribution in [2.45, 2.75) is 58.4 Å². The van der Waals surface area contributed by atoms with Gasteiger partial charge in [-0.25, -0.2) is 4.98 Å². The van der Waals surface area contributed by atoms with Crippen LogP contribution in [0.15, 0.2) is 6.07 Å². The van der Waals surface area contributed by atoms with E-state index in [1.807, 2.05) is 0 Å². The second kappa shape index (κ2) is 5.98. The highest BCUT2D eigenvalue weighted by Crippen LogP contribution is 2.24. The van der Waals surface area contributed by atoms with Crippen molar-refractivity contribution in [3.8, 4) is 0 Å². The zero-order chi connectivity index (χ0) is 13.9. The van der Waals surface area contributed by atoms with Gasteiger partial charge in [0.1, 0.15) is 5.82 Å². The van der Waals surface area contributed by atoms with Gasteiger partial charge in [0.15, 0.2) is 0 Å². The fraction of sp³-hybridized carbons (Fsp3) is 0.750. The van der Waals surface area contributed by atoms with Crippen LogP contribution >= 0.6 is 0 Å². The summed E-state index contributed by atoms with van der Waals surface area (Å²) in [6.07, 6.45) is 7.83. The minimum absolute atomic E-state index is 0.609. The number of anilines is 2. The molecular formula is C16H26N4. The molecule has 1 saturated heterocycles. The average Bonchev–Trinajstić information content (AvgIpc) is 2.91. The Balaban J connectivity index is 1.75. The van der Waals surface area contributed by atoms with E-state index in [-0.39, 0.29) is 0 Å². The van der Waals surface area contributed by atoms with Gasteiger partial charge in [0.25, 0.3) is 0 Å². The summed E-state index contributed by atoms with van der Waals surface area (Å²) in [7, 11) is 0. The zero-order valence-electron chi connectivity index (χ0n) is 12.7. The minimum Gasteiger partial charge on any atom is -0.367 e. The van der Waals surface area contributed by atoms with Gasteiger partial charge in [-0.3, -0.25) is 0 Å². The second-order valence-corrected chi connectivity index (χ2v) is 6.51. The van der Waals surface area contributed by atoms with Crippen LogP contribution in [0.3, 0.4) is 0 Å². The summed E-state index contributed by atoms with van der Waals surface area (Å²) in [4.78, 5) is 11.7. The molecule has 4 nitrogen and oxygen atoms in total. The van der Waals surface area contributed by atoms with Crippen molar-refractivity contribution in [1.29, 1.82) is 0 Å². The molecule has 2 fully saturated rings. The van der Waals surface area contributed by atoms with Crippen LogP contribution in [-0.4, -0.2) is 29.1 Å². The molecule has 1 aliphatic carbocycles. The molecule has 0 spiro atoms. The van der Waals surface area contributed by atoms with E-state index >= 15 is 0 Å². The Morgan fingerprint density at radius 2 is 1.95 bits per heavy atom. The van der Waals surface area contributed by atoms with E-state index in [1.165, 1.54) is 38.5 Å². The Morgan fingerprint density at radius 3 is 2.70 bits per heavy atom. The van der Waals surface area contributed by atoms with E-state index < -0.39 is 0 Å². The first-order valence-electron chi connectivity index (χ1n) is 8.08. The number of piperidine rings is 1. The molecular weight excluding hydrogens is 248 g/mol. The molecule has 1 aliphatic heterocycles. The number of nitrogens with zero attached hydrogens (tertiary/aromatic N) is 3. The number of nitrogens with one attached hydrogen (secondary N) is 1. The summed E-state index contributed by atoms with van der Waals surface area (Å²) in [5.41, 5.74) is 1.06. The summed E-state index contributed by atoms with van der Waals surface area (Å²) in [6.45, 7) is 6.57. The Hall–Kier alpha value is -1.32. The molecule has 0 radical (unpaired) electrons. The summed E-state index contributed by atoms with van der Waals surface area (Å²) >= 11 is 0. The van der Waals surface area contributed by atoms with Gasteiger partial charge in [-0.2, -0.15) is 4.98 Å². The van der Waals surface area contributed by atoms with Crippen LogP contribution in [0.1, 0.15) is 51.1 Å². The highest BCUT2D eigenvalue weighted by atomic mass is 15.3. The highest BCUT2D eigenvalue weighted by Gasteiger charge is 2.20. The van der Waals surface area contributed by atoms with Crippen molar-refractivity contribution >= 4 is 11.8 Å². The summed E-state index contributed by atoms with van der Waals surface area (Å²) in [5, 5.41) is 3.59. The molecule has 0 bridgehead atoms. The Morgan fingerprint density at radius 1 is 1.15 bits per heavy atom. The van der Waals surface area contributed by atoms with Crippen LogP contribution in [0.25, 0.3) is 0 Å². The Labute approximate surface area is 122 Å². The van der Waals surface area contributed by atoms with Crippen LogP contribution in [-0.2, 0) is 0 Å². The first kappa shape index (κ1) is 13.7. The summed E-state index contributed by atoms with van der Waals surface area (Å²) in [6, 6.07) is 2.69. The van der Waals surface area contributed by atoms with E-state index in [2.05, 4.69) is 35.1 Å². The van der Waals surface area contributed by atoms with Crippen LogP contribution < -0.4 is 10.2 Å². The maximum Gasteiger partial charge on any atom is 0.227 e. The lowest BCUT2D eigenvalue weighted by Gasteiger charge is -2.31. The molecule has 1 unspecified atom stereocenters. The van der Waals surface area contributed by atoms with E-state index in [9.17, 15) is 0 Å². The summed E-state index contributed by atoms with van der Waals surface area (Å²) in [5.74, 6) is 2.67. The fourth-order valence-electron chi connectivity index (χ4n) is 3.42. The first-order chi connectivity index (χ1) is 9.70. The molecule has 0 amide bonds. The van der Waals surface area contributed by atoms with Crippen molar-refractivity contribution in [2.24, 2.45) is 5.92 Å². The van der Waals surface area contributed by atoms with Gasteiger partial charge < -0.3 is 10.2 Å². The summed E-state index contributed by atoms with van der Waals surface area (Å²) < 4.78 is 0. The molecule has 2 heterocycles. The molecule has 20 heavy (non-hydrogen) atoms. The normalized spacial score (nSPS) is 24.1. The molecule has 0 aromatic carbocycles. The minimum atomic E-state index is 0.609. The molecule has 110 valence electrons. The number of hydrogen-bond donors (Lipinski definition) is 1. The predicted octanol–water partition coefficient (Wildman–Crippen LogP) is 3.38. The highest BCUT2D eigenvalue weighted by molar-refractivity contribution is 5.44. The van der Waals surface area contributed by atoms with E-state index in [4.69, 9.17) is 4.98 Å². The van der Waals surface area contributed by atoms with E-state index in [1.54, 1.807) is 0 Å².